The van der Waals surface area contributed by atoms with Gasteiger partial charge >= 0.3 is 5.97 Å². The number of hydrogen-bond donors (Lipinski definition) is 3. The minimum atomic E-state index is -3.89. The highest BCUT2D eigenvalue weighted by molar-refractivity contribution is 7.98. The lowest BCUT2D eigenvalue weighted by molar-refractivity contribution is -0.139. The van der Waals surface area contributed by atoms with Crippen molar-refractivity contribution in [3.63, 3.8) is 0 Å². The molecule has 1 rings (SSSR count). The van der Waals surface area contributed by atoms with Crippen molar-refractivity contribution >= 4 is 27.8 Å². The monoisotopic (exact) mass is 307 g/mol. The van der Waals surface area contributed by atoms with Crippen LogP contribution in [-0.4, -0.2) is 47.7 Å². The number of carboxylic acids is 1. The Balaban J connectivity index is 2.98. The van der Waals surface area contributed by atoms with E-state index in [1.54, 1.807) is 13.8 Å². The van der Waals surface area contributed by atoms with E-state index in [4.69, 9.17) is 5.11 Å². The zero-order valence-corrected chi connectivity index (χ0v) is 12.6. The van der Waals surface area contributed by atoms with Crippen LogP contribution in [0.2, 0.25) is 0 Å². The van der Waals surface area contributed by atoms with Crippen molar-refractivity contribution in [3.05, 3.63) is 11.4 Å². The molecule has 1 unspecified atom stereocenters. The number of carboxylic acid groups (broad SMARTS) is 1. The summed E-state index contributed by atoms with van der Waals surface area (Å²) >= 11 is 1.46. The normalized spacial score (nSPS) is 13.4. The van der Waals surface area contributed by atoms with Gasteiger partial charge in [0.1, 0.15) is 10.9 Å². The summed E-state index contributed by atoms with van der Waals surface area (Å²) < 4.78 is 26.6. The summed E-state index contributed by atoms with van der Waals surface area (Å²) in [6.07, 6.45) is 2.06. The number of H-pyrrole nitrogens is 1. The van der Waals surface area contributed by atoms with E-state index in [9.17, 15) is 13.2 Å². The van der Waals surface area contributed by atoms with Crippen LogP contribution >= 0.6 is 11.8 Å². The molecule has 1 heterocycles. The topological polar surface area (TPSA) is 112 Å². The molecule has 0 fully saturated rings. The number of hydrogen-bond acceptors (Lipinski definition) is 5. The summed E-state index contributed by atoms with van der Waals surface area (Å²) in [6, 6.07) is -1.13. The maximum Gasteiger partial charge on any atom is 0.321 e. The van der Waals surface area contributed by atoms with Gasteiger partial charge in [-0.2, -0.15) is 21.6 Å². The highest BCUT2D eigenvalue weighted by atomic mass is 32.2. The maximum absolute atomic E-state index is 12.2. The van der Waals surface area contributed by atoms with Crippen LogP contribution in [0.1, 0.15) is 17.8 Å². The van der Waals surface area contributed by atoms with Crippen LogP contribution in [0.3, 0.4) is 0 Å². The maximum atomic E-state index is 12.2. The van der Waals surface area contributed by atoms with E-state index in [0.717, 1.165) is 0 Å². The second-order valence-corrected chi connectivity index (χ2v) is 6.69. The molecule has 0 radical (unpaired) electrons. The van der Waals surface area contributed by atoms with Gasteiger partial charge in [-0.15, -0.1) is 0 Å². The lowest BCUT2D eigenvalue weighted by Crippen LogP contribution is -2.41. The molecule has 0 aromatic carbocycles. The van der Waals surface area contributed by atoms with E-state index >= 15 is 0 Å². The molecule has 7 nitrogen and oxygen atoms in total. The van der Waals surface area contributed by atoms with Crippen LogP contribution in [0.5, 0.6) is 0 Å². The van der Waals surface area contributed by atoms with E-state index in [1.807, 2.05) is 6.26 Å². The van der Waals surface area contributed by atoms with E-state index in [0.29, 0.717) is 17.1 Å². The fourth-order valence-corrected chi connectivity index (χ4v) is 3.72. The van der Waals surface area contributed by atoms with Gasteiger partial charge in [0.2, 0.25) is 10.0 Å². The SMILES string of the molecule is CSCCC(NS(=O)(=O)c1c(C)n[nH]c1C)C(=O)O. The van der Waals surface area contributed by atoms with Crippen LogP contribution < -0.4 is 4.72 Å². The number of nitrogens with zero attached hydrogens (tertiary/aromatic N) is 1. The number of aryl methyl sites for hydroxylation is 2. The first-order valence-corrected chi connectivity index (χ1v) is 8.43. The minimum Gasteiger partial charge on any atom is -0.480 e. The molecule has 1 aromatic heterocycles. The molecule has 0 aliphatic heterocycles. The molecule has 0 spiro atoms. The van der Waals surface area contributed by atoms with Crippen LogP contribution in [0.25, 0.3) is 0 Å². The van der Waals surface area contributed by atoms with E-state index < -0.39 is 22.0 Å². The number of aromatic amines is 1. The van der Waals surface area contributed by atoms with Crippen LogP contribution in [-0.2, 0) is 14.8 Å². The molecule has 0 aliphatic rings. The molecule has 1 atom stereocenters. The number of aliphatic carboxylic acids is 1. The third-order valence-corrected chi connectivity index (χ3v) is 4.91. The molecular formula is C10H17N3O4S2. The zero-order chi connectivity index (χ0) is 14.6. The van der Waals surface area contributed by atoms with Crippen molar-refractivity contribution in [3.8, 4) is 0 Å². The van der Waals surface area contributed by atoms with Crippen molar-refractivity contribution < 1.29 is 18.3 Å². The first-order valence-electron chi connectivity index (χ1n) is 5.55. The average Bonchev–Trinajstić information content (AvgIpc) is 2.64. The fraction of sp³-hybridized carbons (Fsp3) is 0.600. The molecule has 3 N–H and O–H groups in total. The van der Waals surface area contributed by atoms with E-state index in [2.05, 4.69) is 14.9 Å². The number of aromatic nitrogens is 2. The molecule has 9 heteroatoms. The second kappa shape index (κ2) is 6.40. The molecule has 0 aliphatic carbocycles. The van der Waals surface area contributed by atoms with Crippen LogP contribution in [0.4, 0.5) is 0 Å². The van der Waals surface area contributed by atoms with Gasteiger partial charge in [0.15, 0.2) is 0 Å². The molecule has 19 heavy (non-hydrogen) atoms. The Morgan fingerprint density at radius 3 is 2.58 bits per heavy atom. The summed E-state index contributed by atoms with van der Waals surface area (Å²) in [5.41, 5.74) is 0.706. The van der Waals surface area contributed by atoms with Crippen molar-refractivity contribution in [2.45, 2.75) is 31.2 Å². The number of sulfonamides is 1. The molecule has 0 saturated carbocycles. The zero-order valence-electron chi connectivity index (χ0n) is 10.9. The smallest absolute Gasteiger partial charge is 0.321 e. The van der Waals surface area contributed by atoms with E-state index in [-0.39, 0.29) is 11.3 Å². The Morgan fingerprint density at radius 2 is 2.16 bits per heavy atom. The molecule has 108 valence electrons. The molecular weight excluding hydrogens is 290 g/mol. The number of nitrogens with one attached hydrogen (secondary N) is 2. The highest BCUT2D eigenvalue weighted by Crippen LogP contribution is 2.17. The number of rotatable bonds is 7. The average molecular weight is 307 g/mol. The van der Waals surface area contributed by atoms with Crippen molar-refractivity contribution in [2.75, 3.05) is 12.0 Å². The second-order valence-electron chi connectivity index (χ2n) is 4.06. The van der Waals surface area contributed by atoms with Gasteiger partial charge in [-0.25, -0.2) is 8.42 Å². The summed E-state index contributed by atoms with van der Waals surface area (Å²) in [5.74, 6) is -0.625. The number of carbonyl (C=O) groups is 1. The molecule has 1 aromatic rings. The van der Waals surface area contributed by atoms with Crippen molar-refractivity contribution in [1.29, 1.82) is 0 Å². The van der Waals surface area contributed by atoms with Gasteiger partial charge in [-0.05, 0) is 32.3 Å². The van der Waals surface area contributed by atoms with E-state index in [1.165, 1.54) is 11.8 Å². The fourth-order valence-electron chi connectivity index (χ4n) is 1.65. The lowest BCUT2D eigenvalue weighted by Gasteiger charge is -2.14. The van der Waals surface area contributed by atoms with Gasteiger partial charge in [0.25, 0.3) is 0 Å². The lowest BCUT2D eigenvalue weighted by atomic mass is 10.2. The highest BCUT2D eigenvalue weighted by Gasteiger charge is 2.28. The largest absolute Gasteiger partial charge is 0.480 e. The van der Waals surface area contributed by atoms with Crippen molar-refractivity contribution in [1.82, 2.24) is 14.9 Å². The summed E-state index contributed by atoms with van der Waals surface area (Å²) in [7, 11) is -3.89. The number of thioether (sulfide) groups is 1. The summed E-state index contributed by atoms with van der Waals surface area (Å²) in [4.78, 5) is 11.1. The third kappa shape index (κ3) is 3.95. The quantitative estimate of drug-likeness (QED) is 0.676. The molecule has 0 saturated heterocycles. The summed E-state index contributed by atoms with van der Waals surface area (Å²) in [5, 5.41) is 15.4. The molecule has 0 bridgehead atoms. The van der Waals surface area contributed by atoms with Crippen LogP contribution in [0, 0.1) is 13.8 Å². The third-order valence-electron chi connectivity index (χ3n) is 2.54. The van der Waals surface area contributed by atoms with Gasteiger partial charge < -0.3 is 5.11 Å². The van der Waals surface area contributed by atoms with Gasteiger partial charge in [0.05, 0.1) is 11.4 Å². The Bertz CT molecular complexity index is 534. The Kier molecular flexibility index (Phi) is 5.39. The predicted octanol–water partition coefficient (Wildman–Crippen LogP) is 0.511. The van der Waals surface area contributed by atoms with Gasteiger partial charge in [-0.1, -0.05) is 0 Å². The molecule has 0 amide bonds. The van der Waals surface area contributed by atoms with Crippen molar-refractivity contribution in [2.24, 2.45) is 0 Å². The van der Waals surface area contributed by atoms with Crippen LogP contribution in [0.15, 0.2) is 4.90 Å². The van der Waals surface area contributed by atoms with Gasteiger partial charge in [-0.3, -0.25) is 9.89 Å². The first kappa shape index (κ1) is 16.0. The first-order chi connectivity index (χ1) is 8.79. The van der Waals surface area contributed by atoms with Gasteiger partial charge in [0, 0.05) is 0 Å². The predicted molar refractivity (Wildman–Crippen MR) is 72.8 cm³/mol. The standard InChI is InChI=1S/C10H17N3O4S2/c1-6-9(7(2)12-11-6)19(16,17)13-8(10(14)15)4-5-18-3/h8,13H,4-5H2,1-3H3,(H,11,12)(H,14,15). The summed E-state index contributed by atoms with van der Waals surface area (Å²) in [6.45, 7) is 3.13. The Labute approximate surface area is 116 Å². The Hall–Kier alpha value is -1.06. The minimum absolute atomic E-state index is 0.0166. The Morgan fingerprint density at radius 1 is 1.53 bits per heavy atom.